The molecule has 2 saturated carbocycles. The number of likely N-dealkylation sites (N-methyl/N-ethyl adjacent to an activating group) is 1. The molecule has 3 fully saturated rings. The van der Waals surface area contributed by atoms with Gasteiger partial charge in [-0.25, -0.2) is 0 Å². The fraction of sp³-hybridized carbons (Fsp3) is 1.00. The molecule has 0 bridgehead atoms. The quantitative estimate of drug-likeness (QED) is 0.837. The molecule has 0 spiro atoms. The van der Waals surface area contributed by atoms with Gasteiger partial charge in [-0.2, -0.15) is 0 Å². The van der Waals surface area contributed by atoms with E-state index in [4.69, 9.17) is 5.73 Å². The second kappa shape index (κ2) is 5.94. The Morgan fingerprint density at radius 1 is 1.20 bits per heavy atom. The minimum atomic E-state index is 0.312. The van der Waals surface area contributed by atoms with Crippen molar-refractivity contribution in [3.63, 3.8) is 0 Å². The third-order valence-electron chi connectivity index (χ3n) is 6.36. The van der Waals surface area contributed by atoms with E-state index in [0.717, 1.165) is 24.3 Å². The molecule has 3 unspecified atom stereocenters. The second-order valence-electron chi connectivity index (χ2n) is 7.92. The fourth-order valence-electron chi connectivity index (χ4n) is 4.80. The second-order valence-corrected chi connectivity index (χ2v) is 7.92. The van der Waals surface area contributed by atoms with Gasteiger partial charge in [0.15, 0.2) is 0 Å². The van der Waals surface area contributed by atoms with Crippen LogP contribution in [-0.2, 0) is 0 Å². The maximum Gasteiger partial charge on any atom is 0.0331 e. The first-order valence-electron chi connectivity index (χ1n) is 8.73. The van der Waals surface area contributed by atoms with Crippen LogP contribution in [0.2, 0.25) is 0 Å². The van der Waals surface area contributed by atoms with Crippen molar-refractivity contribution in [1.29, 1.82) is 0 Å². The first-order valence-corrected chi connectivity index (χ1v) is 8.73. The van der Waals surface area contributed by atoms with E-state index in [-0.39, 0.29) is 0 Å². The van der Waals surface area contributed by atoms with Crippen LogP contribution in [0.5, 0.6) is 0 Å². The Morgan fingerprint density at radius 2 is 2.00 bits per heavy atom. The van der Waals surface area contributed by atoms with Gasteiger partial charge in [0.05, 0.1) is 0 Å². The van der Waals surface area contributed by atoms with Gasteiger partial charge in [-0.1, -0.05) is 12.8 Å². The number of hydrogen-bond acceptors (Lipinski definition) is 3. The SMILES string of the molecule is CN1CCC(CN(C)C2(CN)CCCC(C3CC3)C2)C1. The summed E-state index contributed by atoms with van der Waals surface area (Å²) >= 11 is 0. The molecule has 20 heavy (non-hydrogen) atoms. The third kappa shape index (κ3) is 3.05. The summed E-state index contributed by atoms with van der Waals surface area (Å²) < 4.78 is 0. The molecule has 3 rings (SSSR count). The highest BCUT2D eigenvalue weighted by Gasteiger charge is 2.43. The molecule has 3 aliphatic rings. The summed E-state index contributed by atoms with van der Waals surface area (Å²) in [6, 6.07) is 0. The highest BCUT2D eigenvalue weighted by atomic mass is 15.2. The van der Waals surface area contributed by atoms with Gasteiger partial charge in [-0.15, -0.1) is 0 Å². The lowest BCUT2D eigenvalue weighted by atomic mass is 9.72. The van der Waals surface area contributed by atoms with Crippen molar-refractivity contribution >= 4 is 0 Å². The average Bonchev–Trinajstić information content (AvgIpc) is 3.23. The maximum atomic E-state index is 6.27. The number of rotatable bonds is 5. The highest BCUT2D eigenvalue weighted by Crippen LogP contribution is 2.47. The number of nitrogens with two attached hydrogens (primary N) is 1. The predicted octanol–water partition coefficient (Wildman–Crippen LogP) is 2.17. The topological polar surface area (TPSA) is 32.5 Å². The molecule has 116 valence electrons. The molecule has 0 radical (unpaired) electrons. The van der Waals surface area contributed by atoms with Crippen LogP contribution >= 0.6 is 0 Å². The highest BCUT2D eigenvalue weighted by molar-refractivity contribution is 4.99. The van der Waals surface area contributed by atoms with E-state index in [0.29, 0.717) is 5.54 Å². The van der Waals surface area contributed by atoms with Crippen molar-refractivity contribution in [3.05, 3.63) is 0 Å². The van der Waals surface area contributed by atoms with E-state index in [9.17, 15) is 0 Å². The lowest BCUT2D eigenvalue weighted by molar-refractivity contribution is 0.0411. The van der Waals surface area contributed by atoms with Crippen LogP contribution in [0.4, 0.5) is 0 Å². The molecule has 3 nitrogen and oxygen atoms in total. The first-order chi connectivity index (χ1) is 9.63. The van der Waals surface area contributed by atoms with Crippen molar-refractivity contribution < 1.29 is 0 Å². The zero-order chi connectivity index (χ0) is 14.2. The lowest BCUT2D eigenvalue weighted by Crippen LogP contribution is -2.56. The van der Waals surface area contributed by atoms with Crippen LogP contribution in [0.3, 0.4) is 0 Å². The minimum Gasteiger partial charge on any atom is -0.329 e. The van der Waals surface area contributed by atoms with E-state index in [1.807, 2.05) is 0 Å². The minimum absolute atomic E-state index is 0.312. The average molecular weight is 279 g/mol. The van der Waals surface area contributed by atoms with Crippen molar-refractivity contribution in [2.45, 2.75) is 50.5 Å². The van der Waals surface area contributed by atoms with Crippen molar-refractivity contribution in [3.8, 4) is 0 Å². The molecule has 0 aromatic rings. The van der Waals surface area contributed by atoms with E-state index < -0.39 is 0 Å². The zero-order valence-electron chi connectivity index (χ0n) is 13.5. The Balaban J connectivity index is 1.61. The molecule has 2 N–H and O–H groups in total. The van der Waals surface area contributed by atoms with Crippen LogP contribution in [0.15, 0.2) is 0 Å². The molecule has 2 aliphatic carbocycles. The monoisotopic (exact) mass is 279 g/mol. The number of nitrogens with zero attached hydrogens (tertiary/aromatic N) is 2. The first kappa shape index (κ1) is 14.8. The van der Waals surface area contributed by atoms with Gasteiger partial charge in [0.1, 0.15) is 0 Å². The Kier molecular flexibility index (Phi) is 4.40. The molecule has 1 saturated heterocycles. The lowest BCUT2D eigenvalue weighted by Gasteiger charge is -2.47. The Labute approximate surface area is 124 Å². The van der Waals surface area contributed by atoms with Crippen LogP contribution in [0, 0.1) is 17.8 Å². The standard InChI is InChI=1S/C17H33N3/c1-19-9-7-14(11-19)12-20(2)17(13-18)8-3-4-16(10-17)15-5-6-15/h14-16H,3-13,18H2,1-2H3. The van der Waals surface area contributed by atoms with Crippen LogP contribution < -0.4 is 5.73 Å². The van der Waals surface area contributed by atoms with Gasteiger partial charge < -0.3 is 10.6 Å². The van der Waals surface area contributed by atoms with Gasteiger partial charge in [-0.05, 0) is 70.5 Å². The largest absolute Gasteiger partial charge is 0.329 e. The molecule has 3 heteroatoms. The van der Waals surface area contributed by atoms with E-state index in [1.54, 1.807) is 0 Å². The molecular formula is C17H33N3. The summed E-state index contributed by atoms with van der Waals surface area (Å²) in [7, 11) is 4.60. The number of likely N-dealkylation sites (tertiary alicyclic amines) is 1. The molecule has 1 aliphatic heterocycles. The normalized spacial score (nSPS) is 39.6. The Hall–Kier alpha value is -0.120. The molecule has 0 aromatic carbocycles. The summed E-state index contributed by atoms with van der Waals surface area (Å²) in [4.78, 5) is 5.13. The smallest absolute Gasteiger partial charge is 0.0331 e. The van der Waals surface area contributed by atoms with Gasteiger partial charge in [-0.3, -0.25) is 4.90 Å². The van der Waals surface area contributed by atoms with E-state index in [1.165, 1.54) is 64.6 Å². The van der Waals surface area contributed by atoms with Gasteiger partial charge in [0.25, 0.3) is 0 Å². The van der Waals surface area contributed by atoms with Crippen molar-refractivity contribution in [2.24, 2.45) is 23.5 Å². The molecule has 0 aromatic heterocycles. The summed E-state index contributed by atoms with van der Waals surface area (Å²) in [5, 5.41) is 0. The summed E-state index contributed by atoms with van der Waals surface area (Å²) in [5.74, 6) is 2.88. The maximum absolute atomic E-state index is 6.27. The van der Waals surface area contributed by atoms with Crippen molar-refractivity contribution in [2.75, 3.05) is 40.3 Å². The van der Waals surface area contributed by atoms with Gasteiger partial charge in [0.2, 0.25) is 0 Å². The molecule has 3 atom stereocenters. The molecular weight excluding hydrogens is 246 g/mol. The summed E-state index contributed by atoms with van der Waals surface area (Å²) in [6.07, 6.45) is 9.90. The van der Waals surface area contributed by atoms with Crippen LogP contribution in [0.25, 0.3) is 0 Å². The Bertz CT molecular complexity index is 328. The Morgan fingerprint density at radius 3 is 2.60 bits per heavy atom. The summed E-state index contributed by atoms with van der Waals surface area (Å²) in [5.41, 5.74) is 6.58. The van der Waals surface area contributed by atoms with E-state index >= 15 is 0 Å². The van der Waals surface area contributed by atoms with Crippen LogP contribution in [-0.4, -0.2) is 55.6 Å². The fourth-order valence-corrected chi connectivity index (χ4v) is 4.80. The summed E-state index contributed by atoms with van der Waals surface area (Å²) in [6.45, 7) is 4.66. The third-order valence-corrected chi connectivity index (χ3v) is 6.36. The number of hydrogen-bond donors (Lipinski definition) is 1. The molecule has 1 heterocycles. The van der Waals surface area contributed by atoms with Gasteiger partial charge in [0, 0.05) is 25.2 Å². The van der Waals surface area contributed by atoms with Crippen molar-refractivity contribution in [1.82, 2.24) is 9.80 Å². The van der Waals surface area contributed by atoms with Gasteiger partial charge >= 0.3 is 0 Å². The molecule has 0 amide bonds. The zero-order valence-corrected chi connectivity index (χ0v) is 13.5. The van der Waals surface area contributed by atoms with Crippen LogP contribution in [0.1, 0.15) is 44.9 Å². The predicted molar refractivity (Wildman–Crippen MR) is 84.7 cm³/mol. The van der Waals surface area contributed by atoms with E-state index in [2.05, 4.69) is 23.9 Å².